The molecule has 1 aliphatic rings. The number of rotatable bonds is 4. The quantitative estimate of drug-likeness (QED) is 0.903. The summed E-state index contributed by atoms with van der Waals surface area (Å²) in [6.07, 6.45) is 2.07. The van der Waals surface area contributed by atoms with E-state index < -0.39 is 5.97 Å². The molecular weight excluding hydrogens is 246 g/mol. The lowest BCUT2D eigenvalue weighted by Gasteiger charge is -2.07. The number of ether oxygens (including phenoxy) is 1. The first-order valence-electron chi connectivity index (χ1n) is 6.39. The zero-order valence-corrected chi connectivity index (χ0v) is 10.5. The molecule has 0 aliphatic carbocycles. The number of aromatic carboxylic acids is 1. The van der Waals surface area contributed by atoms with Gasteiger partial charge in [-0.3, -0.25) is 0 Å². The molecule has 0 radical (unpaired) electrons. The van der Waals surface area contributed by atoms with Crippen LogP contribution in [-0.2, 0) is 11.3 Å². The maximum absolute atomic E-state index is 11.1. The minimum Gasteiger partial charge on any atom is -0.478 e. The van der Waals surface area contributed by atoms with Crippen molar-refractivity contribution < 1.29 is 14.6 Å². The van der Waals surface area contributed by atoms with E-state index in [1.807, 2.05) is 6.07 Å². The Kier molecular flexibility index (Phi) is 3.16. The highest BCUT2D eigenvalue weighted by Crippen LogP contribution is 2.20. The summed E-state index contributed by atoms with van der Waals surface area (Å²) in [5.41, 5.74) is 1.43. The van der Waals surface area contributed by atoms with Crippen LogP contribution in [0.4, 0.5) is 0 Å². The minimum absolute atomic E-state index is 0.202. The summed E-state index contributed by atoms with van der Waals surface area (Å²) >= 11 is 0. The summed E-state index contributed by atoms with van der Waals surface area (Å²) in [7, 11) is 0. The molecule has 1 N–H and O–H groups in total. The van der Waals surface area contributed by atoms with Crippen LogP contribution in [0, 0.1) is 5.92 Å². The Bertz CT molecular complexity index is 602. The van der Waals surface area contributed by atoms with E-state index >= 15 is 0 Å². The highest BCUT2D eigenvalue weighted by Gasteiger charge is 2.17. The van der Waals surface area contributed by atoms with Crippen molar-refractivity contribution in [2.45, 2.75) is 19.4 Å². The monoisotopic (exact) mass is 261 g/mol. The zero-order valence-electron chi connectivity index (χ0n) is 10.5. The van der Waals surface area contributed by atoms with Crippen molar-refractivity contribution in [3.05, 3.63) is 23.8 Å². The standard InChI is InChI=1S/C13H15N3O3/c17-13(18)10-2-1-3-11-12(10)14-15-16(11)6-4-9-5-7-19-8-9/h1-3,9H,4-8H2,(H,17,18). The number of fused-ring (bicyclic) bond motifs is 1. The summed E-state index contributed by atoms with van der Waals surface area (Å²) in [5, 5.41) is 17.1. The molecule has 1 aromatic carbocycles. The molecule has 6 nitrogen and oxygen atoms in total. The van der Waals surface area contributed by atoms with Gasteiger partial charge in [0.15, 0.2) is 0 Å². The molecule has 0 bridgehead atoms. The van der Waals surface area contributed by atoms with E-state index in [2.05, 4.69) is 10.3 Å². The summed E-state index contributed by atoms with van der Waals surface area (Å²) < 4.78 is 7.12. The first kappa shape index (κ1) is 12.1. The van der Waals surface area contributed by atoms with Crippen LogP contribution in [0.3, 0.4) is 0 Å². The van der Waals surface area contributed by atoms with E-state index in [1.54, 1.807) is 16.8 Å². The van der Waals surface area contributed by atoms with Crippen molar-refractivity contribution in [1.29, 1.82) is 0 Å². The third-order valence-electron chi connectivity index (χ3n) is 3.55. The molecule has 1 atom stereocenters. The lowest BCUT2D eigenvalue weighted by molar-refractivity contribution is 0.0699. The van der Waals surface area contributed by atoms with Crippen LogP contribution >= 0.6 is 0 Å². The third kappa shape index (κ3) is 2.31. The normalized spacial score (nSPS) is 19.1. The second-order valence-corrected chi connectivity index (χ2v) is 4.81. The molecule has 1 fully saturated rings. The lowest BCUT2D eigenvalue weighted by atomic mass is 10.1. The Morgan fingerprint density at radius 1 is 1.53 bits per heavy atom. The van der Waals surface area contributed by atoms with Crippen LogP contribution in [0.2, 0.25) is 0 Å². The first-order valence-corrected chi connectivity index (χ1v) is 6.39. The molecule has 0 saturated carbocycles. The summed E-state index contributed by atoms with van der Waals surface area (Å²) in [6, 6.07) is 5.13. The van der Waals surface area contributed by atoms with Crippen molar-refractivity contribution >= 4 is 17.0 Å². The van der Waals surface area contributed by atoms with Gasteiger partial charge in [0.2, 0.25) is 0 Å². The van der Waals surface area contributed by atoms with Gasteiger partial charge in [0.05, 0.1) is 11.1 Å². The SMILES string of the molecule is O=C(O)c1cccc2c1nnn2CCC1CCOC1. The summed E-state index contributed by atoms with van der Waals surface area (Å²) in [6.45, 7) is 2.40. The van der Waals surface area contributed by atoms with Crippen molar-refractivity contribution in [2.24, 2.45) is 5.92 Å². The largest absolute Gasteiger partial charge is 0.478 e. The predicted octanol–water partition coefficient (Wildman–Crippen LogP) is 1.56. The number of aromatic nitrogens is 3. The molecule has 6 heteroatoms. The number of carbonyl (C=O) groups is 1. The van der Waals surface area contributed by atoms with E-state index in [0.29, 0.717) is 11.4 Å². The molecule has 2 heterocycles. The van der Waals surface area contributed by atoms with Gasteiger partial charge < -0.3 is 9.84 Å². The van der Waals surface area contributed by atoms with E-state index in [0.717, 1.165) is 38.1 Å². The molecule has 19 heavy (non-hydrogen) atoms. The van der Waals surface area contributed by atoms with Crippen molar-refractivity contribution in [3.8, 4) is 0 Å². The Labute approximate surface area is 110 Å². The molecule has 1 aliphatic heterocycles. The average molecular weight is 261 g/mol. The van der Waals surface area contributed by atoms with E-state index in [-0.39, 0.29) is 5.56 Å². The Morgan fingerprint density at radius 2 is 2.42 bits per heavy atom. The van der Waals surface area contributed by atoms with Crippen molar-refractivity contribution in [3.63, 3.8) is 0 Å². The molecule has 3 rings (SSSR count). The van der Waals surface area contributed by atoms with Crippen LogP contribution in [0.1, 0.15) is 23.2 Å². The number of hydrogen-bond donors (Lipinski definition) is 1. The fraction of sp³-hybridized carbons (Fsp3) is 0.462. The van der Waals surface area contributed by atoms with Gasteiger partial charge in [0.25, 0.3) is 0 Å². The van der Waals surface area contributed by atoms with Gasteiger partial charge in [-0.25, -0.2) is 9.48 Å². The van der Waals surface area contributed by atoms with E-state index in [1.165, 1.54) is 0 Å². The Hall–Kier alpha value is -1.95. The van der Waals surface area contributed by atoms with Crippen LogP contribution in [0.15, 0.2) is 18.2 Å². The minimum atomic E-state index is -0.971. The predicted molar refractivity (Wildman–Crippen MR) is 68.0 cm³/mol. The number of hydrogen-bond acceptors (Lipinski definition) is 4. The van der Waals surface area contributed by atoms with Gasteiger partial charge in [-0.15, -0.1) is 5.10 Å². The molecule has 1 unspecified atom stereocenters. The van der Waals surface area contributed by atoms with Crippen molar-refractivity contribution in [1.82, 2.24) is 15.0 Å². The molecule has 0 spiro atoms. The first-order chi connectivity index (χ1) is 9.25. The van der Waals surface area contributed by atoms with Gasteiger partial charge in [-0.2, -0.15) is 0 Å². The highest BCUT2D eigenvalue weighted by atomic mass is 16.5. The Balaban J connectivity index is 1.84. The molecular formula is C13H15N3O3. The molecule has 1 saturated heterocycles. The van der Waals surface area contributed by atoms with Crippen molar-refractivity contribution in [2.75, 3.05) is 13.2 Å². The highest BCUT2D eigenvalue weighted by molar-refractivity contribution is 6.00. The smallest absolute Gasteiger partial charge is 0.338 e. The number of carboxylic acids is 1. The van der Waals surface area contributed by atoms with Gasteiger partial charge in [-0.05, 0) is 30.9 Å². The van der Waals surface area contributed by atoms with Crippen LogP contribution in [0.5, 0.6) is 0 Å². The number of carboxylic acid groups (broad SMARTS) is 1. The lowest BCUT2D eigenvalue weighted by Crippen LogP contribution is -2.07. The zero-order chi connectivity index (χ0) is 13.2. The Morgan fingerprint density at radius 3 is 3.16 bits per heavy atom. The maximum Gasteiger partial charge on any atom is 0.338 e. The summed E-state index contributed by atoms with van der Waals surface area (Å²) in [4.78, 5) is 11.1. The second-order valence-electron chi connectivity index (χ2n) is 4.81. The van der Waals surface area contributed by atoms with Gasteiger partial charge >= 0.3 is 5.97 Å². The van der Waals surface area contributed by atoms with Gasteiger partial charge in [0, 0.05) is 19.8 Å². The topological polar surface area (TPSA) is 77.2 Å². The fourth-order valence-electron chi connectivity index (χ4n) is 2.45. The fourth-order valence-corrected chi connectivity index (χ4v) is 2.45. The third-order valence-corrected chi connectivity index (χ3v) is 3.55. The van der Waals surface area contributed by atoms with Gasteiger partial charge in [-0.1, -0.05) is 11.3 Å². The van der Waals surface area contributed by atoms with Crippen LogP contribution < -0.4 is 0 Å². The maximum atomic E-state index is 11.1. The average Bonchev–Trinajstić information content (AvgIpc) is 3.05. The molecule has 2 aromatic rings. The second kappa shape index (κ2) is 4.97. The van der Waals surface area contributed by atoms with Gasteiger partial charge in [0.1, 0.15) is 5.52 Å². The number of aryl methyl sites for hydroxylation is 1. The molecule has 100 valence electrons. The van der Waals surface area contributed by atoms with E-state index in [4.69, 9.17) is 9.84 Å². The number of nitrogens with zero attached hydrogens (tertiary/aromatic N) is 3. The van der Waals surface area contributed by atoms with Crippen LogP contribution in [0.25, 0.3) is 11.0 Å². The molecule has 0 amide bonds. The summed E-state index contributed by atoms with van der Waals surface area (Å²) in [5.74, 6) is -0.399. The van der Waals surface area contributed by atoms with Crippen LogP contribution in [-0.4, -0.2) is 39.3 Å². The molecule has 1 aromatic heterocycles. The van der Waals surface area contributed by atoms with E-state index in [9.17, 15) is 4.79 Å². The number of benzene rings is 1.